The van der Waals surface area contributed by atoms with Crippen LogP contribution >= 0.6 is 27.5 Å². The van der Waals surface area contributed by atoms with Gasteiger partial charge in [-0.2, -0.15) is 0 Å². The SMILES string of the molecule is COCc1cc(Cl)cc(Br)c1. The van der Waals surface area contributed by atoms with Gasteiger partial charge in [-0.05, 0) is 23.8 Å². The Morgan fingerprint density at radius 2 is 2.18 bits per heavy atom. The van der Waals surface area contributed by atoms with Crippen LogP contribution in [0.15, 0.2) is 22.7 Å². The molecule has 0 N–H and O–H groups in total. The fourth-order valence-electron chi connectivity index (χ4n) is 0.861. The predicted molar refractivity (Wildman–Crippen MR) is 49.9 cm³/mol. The third-order valence-corrected chi connectivity index (χ3v) is 1.91. The highest BCUT2D eigenvalue weighted by atomic mass is 79.9. The Labute approximate surface area is 79.4 Å². The van der Waals surface area contributed by atoms with Gasteiger partial charge in [-0.15, -0.1) is 0 Å². The van der Waals surface area contributed by atoms with Crippen LogP contribution in [0, 0.1) is 0 Å². The van der Waals surface area contributed by atoms with E-state index in [2.05, 4.69) is 15.9 Å². The standard InChI is InChI=1S/C8H8BrClO/c1-11-5-6-2-7(9)4-8(10)3-6/h2-4H,5H2,1H3. The van der Waals surface area contributed by atoms with Crippen LogP contribution in [0.25, 0.3) is 0 Å². The van der Waals surface area contributed by atoms with E-state index in [4.69, 9.17) is 16.3 Å². The van der Waals surface area contributed by atoms with Crippen LogP contribution < -0.4 is 0 Å². The van der Waals surface area contributed by atoms with Crippen molar-refractivity contribution < 1.29 is 4.74 Å². The van der Waals surface area contributed by atoms with Crippen molar-refractivity contribution >= 4 is 27.5 Å². The Balaban J connectivity index is 2.89. The van der Waals surface area contributed by atoms with Crippen molar-refractivity contribution in [3.8, 4) is 0 Å². The maximum Gasteiger partial charge on any atom is 0.0713 e. The second-order valence-corrected chi connectivity index (χ2v) is 3.56. The number of hydrogen-bond donors (Lipinski definition) is 0. The average molecular weight is 236 g/mol. The van der Waals surface area contributed by atoms with Crippen molar-refractivity contribution in [1.29, 1.82) is 0 Å². The van der Waals surface area contributed by atoms with Crippen molar-refractivity contribution in [1.82, 2.24) is 0 Å². The highest BCUT2D eigenvalue weighted by Crippen LogP contribution is 2.19. The van der Waals surface area contributed by atoms with Gasteiger partial charge in [0.25, 0.3) is 0 Å². The Kier molecular flexibility index (Phi) is 3.37. The molecule has 0 spiro atoms. The normalized spacial score (nSPS) is 10.1. The summed E-state index contributed by atoms with van der Waals surface area (Å²) in [5.41, 5.74) is 1.08. The van der Waals surface area contributed by atoms with E-state index in [1.54, 1.807) is 7.11 Å². The van der Waals surface area contributed by atoms with E-state index in [0.29, 0.717) is 6.61 Å². The zero-order valence-corrected chi connectivity index (χ0v) is 8.45. The zero-order chi connectivity index (χ0) is 8.27. The van der Waals surface area contributed by atoms with E-state index < -0.39 is 0 Å². The summed E-state index contributed by atoms with van der Waals surface area (Å²) in [6.45, 7) is 0.596. The summed E-state index contributed by atoms with van der Waals surface area (Å²) in [5.74, 6) is 0. The third kappa shape index (κ3) is 2.81. The van der Waals surface area contributed by atoms with Crippen molar-refractivity contribution in [2.75, 3.05) is 7.11 Å². The minimum atomic E-state index is 0.596. The van der Waals surface area contributed by atoms with Crippen LogP contribution in [0.3, 0.4) is 0 Å². The number of hydrogen-bond acceptors (Lipinski definition) is 1. The van der Waals surface area contributed by atoms with E-state index >= 15 is 0 Å². The van der Waals surface area contributed by atoms with Gasteiger partial charge < -0.3 is 4.74 Å². The molecule has 0 saturated heterocycles. The first-order chi connectivity index (χ1) is 5.22. The molecule has 11 heavy (non-hydrogen) atoms. The highest BCUT2D eigenvalue weighted by molar-refractivity contribution is 9.10. The van der Waals surface area contributed by atoms with Crippen molar-refractivity contribution in [2.45, 2.75) is 6.61 Å². The van der Waals surface area contributed by atoms with Gasteiger partial charge >= 0.3 is 0 Å². The topological polar surface area (TPSA) is 9.23 Å². The Bertz CT molecular complexity index is 230. The number of rotatable bonds is 2. The molecule has 0 aliphatic heterocycles. The number of ether oxygens (including phenoxy) is 1. The zero-order valence-electron chi connectivity index (χ0n) is 6.10. The maximum absolute atomic E-state index is 5.80. The molecule has 1 aromatic rings. The molecule has 0 aliphatic rings. The lowest BCUT2D eigenvalue weighted by Gasteiger charge is -2.00. The fourth-order valence-corrected chi connectivity index (χ4v) is 1.79. The first kappa shape index (κ1) is 9.04. The van der Waals surface area contributed by atoms with E-state index in [9.17, 15) is 0 Å². The highest BCUT2D eigenvalue weighted by Gasteiger charge is 1.96. The molecule has 0 radical (unpaired) electrons. The lowest BCUT2D eigenvalue weighted by molar-refractivity contribution is 0.185. The molecule has 60 valence electrons. The van der Waals surface area contributed by atoms with Crippen LogP contribution in [0.5, 0.6) is 0 Å². The van der Waals surface area contributed by atoms with Gasteiger partial charge in [0.1, 0.15) is 0 Å². The molecule has 0 bridgehead atoms. The van der Waals surface area contributed by atoms with Crippen LogP contribution in [0.2, 0.25) is 5.02 Å². The lowest BCUT2D eigenvalue weighted by Crippen LogP contribution is -1.86. The molecule has 0 saturated carbocycles. The molecule has 0 aliphatic carbocycles. The first-order valence-corrected chi connectivity index (χ1v) is 4.33. The summed E-state index contributed by atoms with van der Waals surface area (Å²) < 4.78 is 5.94. The van der Waals surface area contributed by atoms with Crippen LogP contribution in [0.4, 0.5) is 0 Å². The Morgan fingerprint density at radius 3 is 2.73 bits per heavy atom. The second kappa shape index (κ2) is 4.10. The molecule has 0 amide bonds. The lowest BCUT2D eigenvalue weighted by atomic mass is 10.2. The molecule has 0 unspecified atom stereocenters. The van der Waals surface area contributed by atoms with Gasteiger partial charge in [0, 0.05) is 16.6 Å². The average Bonchev–Trinajstić information content (AvgIpc) is 1.85. The molecule has 3 heteroatoms. The molecule has 0 fully saturated rings. The van der Waals surface area contributed by atoms with E-state index in [1.807, 2.05) is 18.2 Å². The minimum absolute atomic E-state index is 0.596. The fraction of sp³-hybridized carbons (Fsp3) is 0.250. The second-order valence-electron chi connectivity index (χ2n) is 2.21. The van der Waals surface area contributed by atoms with Gasteiger partial charge in [-0.3, -0.25) is 0 Å². The van der Waals surface area contributed by atoms with Crippen LogP contribution in [0.1, 0.15) is 5.56 Å². The van der Waals surface area contributed by atoms with Gasteiger partial charge in [0.15, 0.2) is 0 Å². The summed E-state index contributed by atoms with van der Waals surface area (Å²) in [7, 11) is 1.66. The number of benzene rings is 1. The molecule has 1 aromatic carbocycles. The summed E-state index contributed by atoms with van der Waals surface area (Å²) in [6.07, 6.45) is 0. The predicted octanol–water partition coefficient (Wildman–Crippen LogP) is 3.25. The van der Waals surface area contributed by atoms with Crippen molar-refractivity contribution in [3.05, 3.63) is 33.3 Å². The van der Waals surface area contributed by atoms with Gasteiger partial charge in [-0.1, -0.05) is 27.5 Å². The summed E-state index contributed by atoms with van der Waals surface area (Å²) >= 11 is 9.14. The number of methoxy groups -OCH3 is 1. The summed E-state index contributed by atoms with van der Waals surface area (Å²) in [4.78, 5) is 0. The minimum Gasteiger partial charge on any atom is -0.380 e. The maximum atomic E-state index is 5.80. The third-order valence-electron chi connectivity index (χ3n) is 1.23. The van der Waals surface area contributed by atoms with E-state index in [-0.39, 0.29) is 0 Å². The molecule has 1 nitrogen and oxygen atoms in total. The Hall–Kier alpha value is -0.0500. The Morgan fingerprint density at radius 1 is 1.45 bits per heavy atom. The van der Waals surface area contributed by atoms with Crippen LogP contribution in [-0.4, -0.2) is 7.11 Å². The largest absolute Gasteiger partial charge is 0.380 e. The molecule has 1 rings (SSSR count). The van der Waals surface area contributed by atoms with E-state index in [0.717, 1.165) is 15.1 Å². The molecule has 0 atom stereocenters. The van der Waals surface area contributed by atoms with Gasteiger partial charge in [0.05, 0.1) is 6.61 Å². The molecule has 0 aromatic heterocycles. The van der Waals surface area contributed by atoms with Crippen LogP contribution in [-0.2, 0) is 11.3 Å². The quantitative estimate of drug-likeness (QED) is 0.765. The van der Waals surface area contributed by atoms with Crippen molar-refractivity contribution in [3.63, 3.8) is 0 Å². The molecular weight excluding hydrogens is 227 g/mol. The smallest absolute Gasteiger partial charge is 0.0713 e. The van der Waals surface area contributed by atoms with E-state index in [1.165, 1.54) is 0 Å². The van der Waals surface area contributed by atoms with Gasteiger partial charge in [0.2, 0.25) is 0 Å². The van der Waals surface area contributed by atoms with Gasteiger partial charge in [-0.25, -0.2) is 0 Å². The van der Waals surface area contributed by atoms with Crippen molar-refractivity contribution in [2.24, 2.45) is 0 Å². The molecular formula is C8H8BrClO. The number of halogens is 2. The summed E-state index contributed by atoms with van der Waals surface area (Å²) in [6, 6.07) is 5.71. The first-order valence-electron chi connectivity index (χ1n) is 3.16. The molecule has 0 heterocycles. The summed E-state index contributed by atoms with van der Waals surface area (Å²) in [5, 5.41) is 0.728. The monoisotopic (exact) mass is 234 g/mol.